The first-order chi connectivity index (χ1) is 16.6. The van der Waals surface area contributed by atoms with Crippen LogP contribution in [0.4, 0.5) is 0 Å². The number of carboxylic acid groups (broad SMARTS) is 4. The van der Waals surface area contributed by atoms with E-state index in [0.29, 0.717) is 24.6 Å². The number of hydrogen-bond donors (Lipinski definition) is 6. The maximum atomic E-state index is 9.63. The van der Waals surface area contributed by atoms with Gasteiger partial charge in [-0.25, -0.2) is 0 Å². The van der Waals surface area contributed by atoms with Crippen LogP contribution in [0.1, 0.15) is 0 Å². The molecule has 0 aliphatic heterocycles. The minimum Gasteiger partial charge on any atom is -0.791 e. The number of aliphatic carboxylic acids is 4. The molecule has 0 rings (SSSR count). The van der Waals surface area contributed by atoms with Crippen LogP contribution in [0, 0.1) is 0 Å². The van der Waals surface area contributed by atoms with Gasteiger partial charge < -0.3 is 150 Å². The summed E-state index contributed by atoms with van der Waals surface area (Å²) in [6.45, 7) is 1.27. The maximum absolute atomic E-state index is 9.63. The molecule has 0 fully saturated rings. The van der Waals surface area contributed by atoms with E-state index in [0.717, 1.165) is 0 Å². The quantitative estimate of drug-likeness (QED) is 0.0876. The van der Waals surface area contributed by atoms with E-state index in [1.807, 2.05) is 0 Å². The molecule has 0 amide bonds. The molecule has 0 aromatic carbocycles. The van der Waals surface area contributed by atoms with E-state index in [-0.39, 0.29) is 78.7 Å². The Morgan fingerprint density at radius 3 is 0.590 bits per heavy atom. The zero-order valence-corrected chi connectivity index (χ0v) is 29.4. The topological polar surface area (TPSA) is 317 Å². The number of carboxylic acids is 4. The largest absolute Gasteiger partial charge is 3.00 e. The average molecular weight is 894 g/mol. The molecule has 14 nitrogen and oxygen atoms in total. The van der Waals surface area contributed by atoms with Crippen LogP contribution in [0.3, 0.4) is 0 Å². The van der Waals surface area contributed by atoms with Gasteiger partial charge in [0.1, 0.15) is 0 Å². The third kappa shape index (κ3) is 73.4. The number of rotatable bonds is 10. The molecule has 0 aromatic heterocycles. The van der Waals surface area contributed by atoms with Crippen LogP contribution in [0.15, 0.2) is 0 Å². The summed E-state index contributed by atoms with van der Waals surface area (Å²) in [7, 11) is 0. The molecule has 0 aromatic rings. The third-order valence-electron chi connectivity index (χ3n) is 2.16. The minimum absolute atomic E-state index is 0. The van der Waals surface area contributed by atoms with Crippen molar-refractivity contribution in [1.29, 1.82) is 0 Å². The molecule has 4 atom stereocenters. The summed E-state index contributed by atoms with van der Waals surface area (Å²) in [5.74, 6) is -3.70. The van der Waals surface area contributed by atoms with Crippen LogP contribution in [0.25, 0.3) is 0 Å². The Hall–Kier alpha value is 1.49. The number of nitrogens with two attached hydrogens (primary N) is 6. The van der Waals surface area contributed by atoms with Crippen LogP contribution in [-0.4, -0.2) is 95.7 Å². The molecule has 0 unspecified atom stereocenters. The van der Waals surface area contributed by atoms with Crippen molar-refractivity contribution in [3.63, 3.8) is 0 Å². The van der Waals surface area contributed by atoms with Crippen molar-refractivity contribution in [1.82, 2.24) is 0 Å². The number of hydrogen-bond acceptors (Lipinski definition) is 20. The maximum Gasteiger partial charge on any atom is 3.00 e. The van der Waals surface area contributed by atoms with Crippen LogP contribution in [-0.2, 0) is 151 Å². The van der Waals surface area contributed by atoms with Gasteiger partial charge in [-0.1, -0.05) is 0 Å². The number of carbonyl (C=O) groups excluding carboxylic acids is 4. The molecule has 0 bridgehead atoms. The monoisotopic (exact) mass is 893 g/mol. The predicted molar refractivity (Wildman–Crippen MR) is 143 cm³/mol. The van der Waals surface area contributed by atoms with Gasteiger partial charge in [0.25, 0.3) is 0 Å². The van der Waals surface area contributed by atoms with E-state index < -0.39 is 48.0 Å². The Labute approximate surface area is 298 Å². The van der Waals surface area contributed by atoms with Gasteiger partial charge in [-0.05, 0) is 13.1 Å². The fourth-order valence-corrected chi connectivity index (χ4v) is 0.816. The molecule has 0 radical (unpaired) electrons. The van der Waals surface area contributed by atoms with Gasteiger partial charge in [-0.3, -0.25) is 0 Å². The predicted octanol–water partition coefficient (Wildman–Crippen LogP) is -10.6. The Kier molecular flexibility index (Phi) is 85.2. The van der Waals surface area contributed by atoms with Crippen LogP contribution in [0.2, 0.25) is 0 Å². The van der Waals surface area contributed by atoms with Gasteiger partial charge in [0.05, 0.1) is 23.9 Å². The van der Waals surface area contributed by atoms with E-state index in [1.54, 1.807) is 0 Å². The van der Waals surface area contributed by atoms with Gasteiger partial charge in [0, 0.05) is 24.2 Å². The first-order valence-electron chi connectivity index (χ1n) is 9.30. The molecule has 0 aliphatic rings. The zero-order chi connectivity index (χ0) is 30.3. The summed E-state index contributed by atoms with van der Waals surface area (Å²) in [5, 5.41) is 38.5. The first kappa shape index (κ1) is 63.7. The minimum atomic E-state index is -1.28. The van der Waals surface area contributed by atoms with Gasteiger partial charge >= 0.3 is 55.7 Å². The van der Waals surface area contributed by atoms with Crippen LogP contribution < -0.4 is 54.8 Å². The van der Waals surface area contributed by atoms with Crippen molar-refractivity contribution in [3.8, 4) is 0 Å². The van der Waals surface area contributed by atoms with Gasteiger partial charge in [-0.2, -0.15) is 34.5 Å². The Bertz CT molecular complexity index is 462. The molecule has 238 valence electrons. The van der Waals surface area contributed by atoms with Crippen molar-refractivity contribution >= 4 is 99.6 Å². The molecular weight excluding hydrogens is 861 g/mol. The van der Waals surface area contributed by atoms with E-state index in [4.69, 9.17) is 34.4 Å². The standard InChI is InChI=1S/4C3H7NO2S.2C2H7NS.Co.2Rh/c4*4-2(1-7)3(5)6;2*3-1-2-4;;;/h4*2,7H,1,4H2,(H,5,6);2*4H,1-3H2;;;/q;;;;;;3*+3/p-10/t4*2-;;;;;/m0000...../s1. The van der Waals surface area contributed by atoms with E-state index >= 15 is 0 Å². The summed E-state index contributed by atoms with van der Waals surface area (Å²) in [5.41, 5.74) is 29.2. The van der Waals surface area contributed by atoms with Crippen molar-refractivity contribution in [2.45, 2.75) is 24.2 Å². The second kappa shape index (κ2) is 52.2. The molecule has 0 aliphatic carbocycles. The summed E-state index contributed by atoms with van der Waals surface area (Å²) >= 11 is 26.1. The molecular formula is C16H32CoN6O8Rh2S6-. The molecule has 12 N–H and O–H groups in total. The van der Waals surface area contributed by atoms with Crippen LogP contribution in [0.5, 0.6) is 0 Å². The normalized spacial score (nSPS) is 11.2. The van der Waals surface area contributed by atoms with Crippen molar-refractivity contribution < 1.29 is 95.3 Å². The molecule has 0 saturated carbocycles. The van der Waals surface area contributed by atoms with Gasteiger partial charge in [0.2, 0.25) is 0 Å². The summed E-state index contributed by atoms with van der Waals surface area (Å²) in [4.78, 5) is 38.5. The van der Waals surface area contributed by atoms with E-state index in [2.05, 4.69) is 75.8 Å². The Balaban J connectivity index is -0.0000000395. The van der Waals surface area contributed by atoms with E-state index in [9.17, 15) is 39.6 Å². The molecule has 0 saturated heterocycles. The first-order valence-corrected chi connectivity index (χ1v) is 12.8. The smallest absolute Gasteiger partial charge is 0.791 e. The average Bonchev–Trinajstić information content (AvgIpc) is 2.87. The third-order valence-corrected chi connectivity index (χ3v) is 4.07. The summed E-state index contributed by atoms with van der Waals surface area (Å²) in [6.07, 6.45) is 0. The fraction of sp³-hybridized carbons (Fsp3) is 0.750. The fourth-order valence-electron chi connectivity index (χ4n) is 0.272. The van der Waals surface area contributed by atoms with Crippen molar-refractivity contribution in [2.24, 2.45) is 34.4 Å². The van der Waals surface area contributed by atoms with Crippen molar-refractivity contribution in [2.75, 3.05) is 47.6 Å². The van der Waals surface area contributed by atoms with Gasteiger partial charge in [0.15, 0.2) is 0 Å². The van der Waals surface area contributed by atoms with Crippen molar-refractivity contribution in [3.05, 3.63) is 0 Å². The molecule has 23 heteroatoms. The summed E-state index contributed by atoms with van der Waals surface area (Å²) < 4.78 is 0. The second-order valence-electron chi connectivity index (χ2n) is 5.35. The molecule has 39 heavy (non-hydrogen) atoms. The SMILES string of the molecule is NCC[S-].NCC[S-].N[C@@H](C[S-])C(=O)[O-].N[C@@H](C[S-])C(=O)[O-].N[C@@H](C[S-])C(=O)[O-].N[C@@H](C[S-])C(=O)[O-].[Co+3].[Rh+3].[Rh+3]. The van der Waals surface area contributed by atoms with E-state index in [1.165, 1.54) is 0 Å². The summed E-state index contributed by atoms with van der Waals surface area (Å²) in [6, 6.07) is -3.91. The zero-order valence-electron chi connectivity index (χ0n) is 20.1. The van der Waals surface area contributed by atoms with Gasteiger partial charge in [-0.15, -0.1) is 0 Å². The Morgan fingerprint density at radius 1 is 0.487 bits per heavy atom. The second-order valence-corrected chi connectivity index (χ2v) is 7.50. The van der Waals surface area contributed by atoms with Crippen LogP contribution >= 0.6 is 0 Å². The Morgan fingerprint density at radius 2 is 0.590 bits per heavy atom. The molecule has 0 spiro atoms. The number of carbonyl (C=O) groups is 4. The molecule has 0 heterocycles.